The molecule has 0 unspecified atom stereocenters. The molecule has 1 aliphatic rings. The summed E-state index contributed by atoms with van der Waals surface area (Å²) in [4.78, 5) is 25.3. The van der Waals surface area contributed by atoms with Gasteiger partial charge in [-0.15, -0.1) is 0 Å². The van der Waals surface area contributed by atoms with Crippen molar-refractivity contribution in [3.63, 3.8) is 0 Å². The second-order valence-corrected chi connectivity index (χ2v) is 9.27. The van der Waals surface area contributed by atoms with Gasteiger partial charge in [0.2, 0.25) is 0 Å². The number of carboxylic acid groups (broad SMARTS) is 1. The molecule has 0 saturated carbocycles. The van der Waals surface area contributed by atoms with Crippen LogP contribution in [-0.2, 0) is 12.7 Å². The molecule has 1 aliphatic heterocycles. The van der Waals surface area contributed by atoms with Crippen molar-refractivity contribution in [1.29, 1.82) is 0 Å². The minimum atomic E-state index is -5.04. The Morgan fingerprint density at radius 2 is 1.88 bits per heavy atom. The van der Waals surface area contributed by atoms with Crippen LogP contribution in [0.1, 0.15) is 28.9 Å². The molecule has 1 fully saturated rings. The largest absolute Gasteiger partial charge is 0.465 e. The van der Waals surface area contributed by atoms with Crippen LogP contribution < -0.4 is 20.3 Å². The molecule has 2 heterocycles. The molecular weight excluding hydrogens is 560 g/mol. The quantitative estimate of drug-likeness (QED) is 0.273. The molecule has 2 amide bonds. The first-order chi connectivity index (χ1) is 19.4. The Morgan fingerprint density at radius 3 is 2.56 bits per heavy atom. The molecule has 1 atom stereocenters. The minimum Gasteiger partial charge on any atom is -0.465 e. The number of carbonyl (C=O) groups is 2. The third-order valence-electron chi connectivity index (χ3n) is 6.30. The maximum absolute atomic E-state index is 14.7. The first kappa shape index (κ1) is 29.6. The van der Waals surface area contributed by atoms with Gasteiger partial charge in [-0.2, -0.15) is 18.3 Å². The van der Waals surface area contributed by atoms with Crippen LogP contribution in [0.5, 0.6) is 11.5 Å². The highest BCUT2D eigenvalue weighted by Gasteiger charge is 2.41. The summed E-state index contributed by atoms with van der Waals surface area (Å²) in [5.74, 6) is -3.37. The molecule has 4 rings (SSSR count). The van der Waals surface area contributed by atoms with Gasteiger partial charge in [-0.3, -0.25) is 9.48 Å². The number of rotatable bonds is 9. The van der Waals surface area contributed by atoms with Crippen molar-refractivity contribution in [2.24, 2.45) is 5.92 Å². The molecule has 9 nitrogen and oxygen atoms in total. The number of benzene rings is 2. The van der Waals surface area contributed by atoms with E-state index in [9.17, 15) is 35.9 Å². The van der Waals surface area contributed by atoms with Crippen molar-refractivity contribution in [1.82, 2.24) is 15.1 Å². The Balaban J connectivity index is 1.77. The van der Waals surface area contributed by atoms with Gasteiger partial charge in [0.25, 0.3) is 12.3 Å². The number of anilines is 2. The number of ether oxygens (including phenoxy) is 1. The van der Waals surface area contributed by atoms with Crippen molar-refractivity contribution in [2.45, 2.75) is 32.0 Å². The first-order valence-electron chi connectivity index (χ1n) is 12.4. The van der Waals surface area contributed by atoms with Crippen molar-refractivity contribution in [3.05, 3.63) is 65.7 Å². The smallest absolute Gasteiger partial charge is 0.422 e. The molecule has 0 bridgehead atoms. The number of para-hydroxylation sites is 1. The van der Waals surface area contributed by atoms with Gasteiger partial charge in [-0.1, -0.05) is 12.1 Å². The second-order valence-electron chi connectivity index (χ2n) is 9.27. The Labute approximate surface area is 229 Å². The number of halogens is 6. The van der Waals surface area contributed by atoms with Gasteiger partial charge in [-0.25, -0.2) is 18.0 Å². The van der Waals surface area contributed by atoms with Crippen LogP contribution in [0.25, 0.3) is 0 Å². The van der Waals surface area contributed by atoms with Crippen LogP contribution in [0.2, 0.25) is 0 Å². The van der Waals surface area contributed by atoms with Crippen LogP contribution in [0, 0.1) is 11.7 Å². The lowest BCUT2D eigenvalue weighted by atomic mass is 9.96. The van der Waals surface area contributed by atoms with Crippen molar-refractivity contribution in [2.75, 3.05) is 29.9 Å². The number of alkyl halides is 5. The van der Waals surface area contributed by atoms with Gasteiger partial charge in [0, 0.05) is 25.8 Å². The van der Waals surface area contributed by atoms with E-state index in [-0.39, 0.29) is 36.9 Å². The van der Waals surface area contributed by atoms with Gasteiger partial charge < -0.3 is 25.4 Å². The van der Waals surface area contributed by atoms with E-state index >= 15 is 0 Å². The van der Waals surface area contributed by atoms with Crippen molar-refractivity contribution in [3.8, 4) is 11.5 Å². The van der Waals surface area contributed by atoms with E-state index in [1.54, 1.807) is 0 Å². The Bertz CT molecular complexity index is 1400. The van der Waals surface area contributed by atoms with Crippen LogP contribution in [-0.4, -0.2) is 52.9 Å². The zero-order valence-electron chi connectivity index (χ0n) is 21.3. The number of hydrogen-bond donors (Lipinski definition) is 3. The Morgan fingerprint density at radius 1 is 1.12 bits per heavy atom. The highest BCUT2D eigenvalue weighted by atomic mass is 19.4. The van der Waals surface area contributed by atoms with E-state index in [0.29, 0.717) is 12.8 Å². The zero-order valence-corrected chi connectivity index (χ0v) is 21.3. The molecule has 1 aromatic heterocycles. The van der Waals surface area contributed by atoms with Crippen LogP contribution in [0.3, 0.4) is 0 Å². The Kier molecular flexibility index (Phi) is 8.93. The number of nitrogens with one attached hydrogen (secondary N) is 2. The predicted octanol–water partition coefficient (Wildman–Crippen LogP) is 5.83. The van der Waals surface area contributed by atoms with E-state index in [4.69, 9.17) is 9.84 Å². The van der Waals surface area contributed by atoms with E-state index in [0.717, 1.165) is 41.2 Å². The molecule has 0 aliphatic carbocycles. The molecule has 3 N–H and O–H groups in total. The van der Waals surface area contributed by atoms with Crippen molar-refractivity contribution >= 4 is 23.4 Å². The SMILES string of the molecule is O=C(O)NC[C@@H]1CCCN(c2c(NC(=O)c3ccn(CC(F)F)n3)ccc(Oc3ccccc3F)c2C(F)(F)F)C1. The lowest BCUT2D eigenvalue weighted by molar-refractivity contribution is -0.138. The number of carbonyl (C=O) groups excluding carboxylic acids is 1. The molecular formula is C26H25F6N5O4. The molecule has 0 radical (unpaired) electrons. The number of nitrogens with zero attached hydrogens (tertiary/aromatic N) is 3. The van der Waals surface area contributed by atoms with Crippen LogP contribution in [0.15, 0.2) is 48.7 Å². The summed E-state index contributed by atoms with van der Waals surface area (Å²) in [6, 6.07) is 8.17. The number of hydrogen-bond acceptors (Lipinski definition) is 5. The monoisotopic (exact) mass is 585 g/mol. The molecule has 0 spiro atoms. The highest BCUT2D eigenvalue weighted by Crippen LogP contribution is 2.48. The first-order valence-corrected chi connectivity index (χ1v) is 12.4. The topological polar surface area (TPSA) is 109 Å². The van der Waals surface area contributed by atoms with Gasteiger partial charge >= 0.3 is 12.3 Å². The van der Waals surface area contributed by atoms with Gasteiger partial charge in [0.1, 0.15) is 17.9 Å². The summed E-state index contributed by atoms with van der Waals surface area (Å²) >= 11 is 0. The molecule has 41 heavy (non-hydrogen) atoms. The lowest BCUT2D eigenvalue weighted by Crippen LogP contribution is -2.41. The number of amides is 2. The number of aromatic nitrogens is 2. The van der Waals surface area contributed by atoms with E-state index in [1.165, 1.54) is 17.0 Å². The summed E-state index contributed by atoms with van der Waals surface area (Å²) in [5, 5.41) is 17.3. The fraction of sp³-hybridized carbons (Fsp3) is 0.346. The average Bonchev–Trinajstić information content (AvgIpc) is 3.37. The maximum atomic E-state index is 14.7. The van der Waals surface area contributed by atoms with Gasteiger partial charge in [0.15, 0.2) is 17.3 Å². The van der Waals surface area contributed by atoms with Crippen molar-refractivity contribution < 1.29 is 45.8 Å². The summed E-state index contributed by atoms with van der Waals surface area (Å²) in [6.45, 7) is -0.666. The van der Waals surface area contributed by atoms with E-state index in [2.05, 4.69) is 15.7 Å². The summed E-state index contributed by atoms with van der Waals surface area (Å²) in [6.07, 6.45) is -6.98. The molecule has 220 valence electrons. The molecule has 15 heteroatoms. The number of piperidine rings is 1. The maximum Gasteiger partial charge on any atom is 0.422 e. The van der Waals surface area contributed by atoms with Crippen LogP contribution in [0.4, 0.5) is 42.5 Å². The van der Waals surface area contributed by atoms with Gasteiger partial charge in [0.05, 0.1) is 11.4 Å². The molecule has 2 aromatic carbocycles. The van der Waals surface area contributed by atoms with E-state index in [1.807, 2.05) is 0 Å². The fourth-order valence-corrected chi connectivity index (χ4v) is 4.59. The average molecular weight is 586 g/mol. The van der Waals surface area contributed by atoms with Crippen LogP contribution >= 0.6 is 0 Å². The minimum absolute atomic E-state index is 0.00159. The molecule has 1 saturated heterocycles. The predicted molar refractivity (Wildman–Crippen MR) is 135 cm³/mol. The zero-order chi connectivity index (χ0) is 29.7. The van der Waals surface area contributed by atoms with Gasteiger partial charge in [-0.05, 0) is 49.1 Å². The third kappa shape index (κ3) is 7.41. The summed E-state index contributed by atoms with van der Waals surface area (Å²) in [5.41, 5.74) is -2.34. The summed E-state index contributed by atoms with van der Waals surface area (Å²) in [7, 11) is 0. The Hall–Kier alpha value is -4.43. The normalized spacial score (nSPS) is 15.6. The lowest BCUT2D eigenvalue weighted by Gasteiger charge is -2.37. The van der Waals surface area contributed by atoms with E-state index < -0.39 is 59.7 Å². The third-order valence-corrected chi connectivity index (χ3v) is 6.30. The summed E-state index contributed by atoms with van der Waals surface area (Å²) < 4.78 is 90.0. The molecule has 3 aromatic rings. The fourth-order valence-electron chi connectivity index (χ4n) is 4.59. The standard InChI is InChI=1S/C26H25F6N5O4/c27-16-5-1-2-6-19(16)41-20-8-7-17(34-24(38)18-9-11-37(35-18)14-21(28)29)23(22(20)26(30,31)32)36-10-3-4-15(13-36)12-33-25(39)40/h1-2,5-9,11,15,21,33H,3-4,10,12-14H2,(H,34,38)(H,39,40)/t15-/m0/s1. The highest BCUT2D eigenvalue weighted by molar-refractivity contribution is 6.05. The second kappa shape index (κ2) is 12.4.